The first-order chi connectivity index (χ1) is 10.7. The molecule has 0 radical (unpaired) electrons. The van der Waals surface area contributed by atoms with Gasteiger partial charge in [0.25, 0.3) is 5.69 Å². The van der Waals surface area contributed by atoms with Crippen LogP contribution < -0.4 is 0 Å². The van der Waals surface area contributed by atoms with E-state index in [9.17, 15) is 10.1 Å². The lowest BCUT2D eigenvalue weighted by atomic mass is 10.1. The Morgan fingerprint density at radius 1 is 1.18 bits per heavy atom. The zero-order valence-corrected chi connectivity index (χ0v) is 12.3. The van der Waals surface area contributed by atoms with Gasteiger partial charge in [-0.05, 0) is 42.5 Å². The molecule has 2 atom stereocenters. The van der Waals surface area contributed by atoms with Gasteiger partial charge >= 0.3 is 0 Å². The summed E-state index contributed by atoms with van der Waals surface area (Å²) < 4.78 is 17.0. The third-order valence-electron chi connectivity index (χ3n) is 3.80. The van der Waals surface area contributed by atoms with Crippen LogP contribution in [0.25, 0.3) is 6.08 Å². The molecule has 0 amide bonds. The van der Waals surface area contributed by atoms with Crippen molar-refractivity contribution in [1.29, 1.82) is 0 Å². The maximum atomic E-state index is 10.6. The average Bonchev–Trinajstić information content (AvgIpc) is 2.96. The van der Waals surface area contributed by atoms with Gasteiger partial charge in [0.1, 0.15) is 0 Å². The van der Waals surface area contributed by atoms with Crippen LogP contribution in [0.4, 0.5) is 5.69 Å². The lowest BCUT2D eigenvalue weighted by Crippen LogP contribution is -2.27. The molecule has 2 aliphatic heterocycles. The molecule has 6 heteroatoms. The summed E-state index contributed by atoms with van der Waals surface area (Å²) in [4.78, 5) is 10.2. The van der Waals surface area contributed by atoms with Crippen LogP contribution in [0.15, 0.2) is 29.8 Å². The zero-order valence-electron chi connectivity index (χ0n) is 12.3. The Morgan fingerprint density at radius 3 is 2.68 bits per heavy atom. The predicted octanol–water partition coefficient (Wildman–Crippen LogP) is 3.27. The normalized spacial score (nSPS) is 27.2. The number of ether oxygens (including phenoxy) is 3. The number of nitro groups is 1. The summed E-state index contributed by atoms with van der Waals surface area (Å²) in [7, 11) is 0. The van der Waals surface area contributed by atoms with Gasteiger partial charge in [0.05, 0.1) is 11.5 Å². The Morgan fingerprint density at radius 2 is 2.00 bits per heavy atom. The first-order valence-corrected chi connectivity index (χ1v) is 7.53. The van der Waals surface area contributed by atoms with Crippen LogP contribution in [0.1, 0.15) is 31.2 Å². The van der Waals surface area contributed by atoms with Gasteiger partial charge in [-0.3, -0.25) is 10.1 Å². The molecule has 0 N–H and O–H groups in total. The topological polar surface area (TPSA) is 70.8 Å². The van der Waals surface area contributed by atoms with E-state index < -0.39 is 4.92 Å². The average molecular weight is 305 g/mol. The second kappa shape index (κ2) is 7.00. The highest BCUT2D eigenvalue weighted by atomic mass is 16.8. The molecule has 0 spiro atoms. The number of rotatable bonds is 4. The minimum Gasteiger partial charge on any atom is -0.353 e. The van der Waals surface area contributed by atoms with Gasteiger partial charge in [0.15, 0.2) is 12.6 Å². The van der Waals surface area contributed by atoms with E-state index in [4.69, 9.17) is 14.2 Å². The Hall–Kier alpha value is -1.76. The van der Waals surface area contributed by atoms with Crippen LogP contribution in [-0.4, -0.2) is 30.7 Å². The SMILES string of the molecule is O=[N+]([O-])c1ccc(/C=C2\CO[C@H](O[C@H]3CCCCO3)C2)cc1. The minimum atomic E-state index is -0.399. The molecule has 3 rings (SSSR count). The predicted molar refractivity (Wildman–Crippen MR) is 80.1 cm³/mol. The van der Waals surface area contributed by atoms with Gasteiger partial charge in [-0.2, -0.15) is 0 Å². The van der Waals surface area contributed by atoms with Crippen molar-refractivity contribution in [3.63, 3.8) is 0 Å². The summed E-state index contributed by atoms with van der Waals surface area (Å²) in [6.45, 7) is 1.28. The van der Waals surface area contributed by atoms with E-state index >= 15 is 0 Å². The number of nitro benzene ring substituents is 1. The highest BCUT2D eigenvalue weighted by Gasteiger charge is 2.25. The van der Waals surface area contributed by atoms with E-state index in [0.29, 0.717) is 13.0 Å². The van der Waals surface area contributed by atoms with E-state index in [1.807, 2.05) is 6.08 Å². The zero-order chi connectivity index (χ0) is 15.4. The lowest BCUT2D eigenvalue weighted by molar-refractivity contribution is -0.384. The number of benzene rings is 1. The third-order valence-corrected chi connectivity index (χ3v) is 3.80. The molecule has 22 heavy (non-hydrogen) atoms. The van der Waals surface area contributed by atoms with E-state index in [1.165, 1.54) is 12.1 Å². The Balaban J connectivity index is 1.55. The molecule has 2 saturated heterocycles. The molecule has 1 aromatic rings. The van der Waals surface area contributed by atoms with Gasteiger partial charge in [-0.25, -0.2) is 0 Å². The summed E-state index contributed by atoms with van der Waals surface area (Å²) in [5.41, 5.74) is 2.15. The monoisotopic (exact) mass is 305 g/mol. The van der Waals surface area contributed by atoms with Crippen LogP contribution in [0.3, 0.4) is 0 Å². The molecular formula is C16H19NO5. The van der Waals surface area contributed by atoms with Crippen molar-refractivity contribution in [2.45, 2.75) is 38.3 Å². The highest BCUT2D eigenvalue weighted by molar-refractivity contribution is 5.55. The van der Waals surface area contributed by atoms with Crippen molar-refractivity contribution < 1.29 is 19.1 Å². The second-order valence-corrected chi connectivity index (χ2v) is 5.53. The van der Waals surface area contributed by atoms with E-state index in [1.54, 1.807) is 12.1 Å². The molecule has 0 aromatic heterocycles. The fraction of sp³-hybridized carbons (Fsp3) is 0.500. The standard InChI is InChI=1S/C16H19NO5/c18-17(19)14-6-4-12(5-7-14)9-13-10-16(21-11-13)22-15-3-1-2-8-20-15/h4-7,9,15-16H,1-3,8,10-11H2/b13-9-/t15-,16+/m0/s1. The van der Waals surface area contributed by atoms with Gasteiger partial charge < -0.3 is 14.2 Å². The van der Waals surface area contributed by atoms with Gasteiger partial charge in [-0.1, -0.05) is 6.08 Å². The molecule has 2 fully saturated rings. The molecule has 118 valence electrons. The molecule has 0 bridgehead atoms. The quantitative estimate of drug-likeness (QED) is 0.630. The molecule has 2 aliphatic rings. The third kappa shape index (κ3) is 3.91. The van der Waals surface area contributed by atoms with Crippen LogP contribution in [0, 0.1) is 10.1 Å². The van der Waals surface area contributed by atoms with Crippen molar-refractivity contribution in [1.82, 2.24) is 0 Å². The summed E-state index contributed by atoms with van der Waals surface area (Å²) >= 11 is 0. The van der Waals surface area contributed by atoms with Crippen molar-refractivity contribution in [2.24, 2.45) is 0 Å². The molecule has 0 aliphatic carbocycles. The molecular weight excluding hydrogens is 286 g/mol. The summed E-state index contributed by atoms with van der Waals surface area (Å²) in [5, 5.41) is 10.6. The van der Waals surface area contributed by atoms with Crippen LogP contribution >= 0.6 is 0 Å². The smallest absolute Gasteiger partial charge is 0.269 e. The van der Waals surface area contributed by atoms with Gasteiger partial charge in [-0.15, -0.1) is 0 Å². The number of hydrogen-bond donors (Lipinski definition) is 0. The molecule has 0 saturated carbocycles. The van der Waals surface area contributed by atoms with Gasteiger partial charge in [0.2, 0.25) is 0 Å². The van der Waals surface area contributed by atoms with E-state index in [-0.39, 0.29) is 18.3 Å². The first kappa shape index (κ1) is 15.1. The van der Waals surface area contributed by atoms with Crippen molar-refractivity contribution in [3.8, 4) is 0 Å². The number of nitrogens with zero attached hydrogens (tertiary/aromatic N) is 1. The second-order valence-electron chi connectivity index (χ2n) is 5.53. The van der Waals surface area contributed by atoms with Crippen molar-refractivity contribution >= 4 is 11.8 Å². The van der Waals surface area contributed by atoms with E-state index in [2.05, 4.69) is 0 Å². The maximum Gasteiger partial charge on any atom is 0.269 e. The fourth-order valence-corrected chi connectivity index (χ4v) is 2.64. The summed E-state index contributed by atoms with van der Waals surface area (Å²) in [5.74, 6) is 0. The van der Waals surface area contributed by atoms with Crippen molar-refractivity contribution in [2.75, 3.05) is 13.2 Å². The van der Waals surface area contributed by atoms with E-state index in [0.717, 1.165) is 37.0 Å². The number of non-ortho nitro benzene ring substituents is 1. The summed E-state index contributed by atoms with van der Waals surface area (Å²) in [6, 6.07) is 6.49. The van der Waals surface area contributed by atoms with Crippen molar-refractivity contribution in [3.05, 3.63) is 45.5 Å². The molecule has 2 heterocycles. The Bertz CT molecular complexity index is 548. The molecule has 1 aromatic carbocycles. The Kier molecular flexibility index (Phi) is 4.82. The minimum absolute atomic E-state index is 0.0977. The fourth-order valence-electron chi connectivity index (χ4n) is 2.64. The lowest BCUT2D eigenvalue weighted by Gasteiger charge is -2.25. The molecule has 6 nitrogen and oxygen atoms in total. The maximum absolute atomic E-state index is 10.6. The highest BCUT2D eigenvalue weighted by Crippen LogP contribution is 2.26. The molecule has 0 unspecified atom stereocenters. The Labute approximate surface area is 128 Å². The van der Waals surface area contributed by atoms with Crippen LogP contribution in [0.5, 0.6) is 0 Å². The van der Waals surface area contributed by atoms with Gasteiger partial charge in [0, 0.05) is 25.2 Å². The van der Waals surface area contributed by atoms with Crippen LogP contribution in [0.2, 0.25) is 0 Å². The van der Waals surface area contributed by atoms with Crippen LogP contribution in [-0.2, 0) is 14.2 Å². The summed E-state index contributed by atoms with van der Waals surface area (Å²) in [6.07, 6.45) is 5.43. The number of hydrogen-bond acceptors (Lipinski definition) is 5. The first-order valence-electron chi connectivity index (χ1n) is 7.53. The largest absolute Gasteiger partial charge is 0.353 e.